The van der Waals surface area contributed by atoms with Crippen LogP contribution in [-0.2, 0) is 22.8 Å². The number of nitrogens with zero attached hydrogens (tertiary/aromatic N) is 3. The van der Waals surface area contributed by atoms with Crippen LogP contribution in [-0.4, -0.2) is 34.7 Å². The molecular formula is C10H15N3O2S. The van der Waals surface area contributed by atoms with E-state index in [9.17, 15) is 8.42 Å². The molecule has 1 saturated heterocycles. The number of hydrogen-bond donors (Lipinski definition) is 0. The third kappa shape index (κ3) is 1.65. The van der Waals surface area contributed by atoms with Crippen molar-refractivity contribution in [2.75, 3.05) is 11.5 Å². The lowest BCUT2D eigenvalue weighted by Gasteiger charge is -2.16. The highest BCUT2D eigenvalue weighted by Crippen LogP contribution is 2.29. The van der Waals surface area contributed by atoms with E-state index in [1.165, 1.54) is 6.42 Å². The zero-order chi connectivity index (χ0) is 11.2. The second kappa shape index (κ2) is 3.55. The molecule has 16 heavy (non-hydrogen) atoms. The molecule has 2 aliphatic heterocycles. The van der Waals surface area contributed by atoms with Crippen molar-refractivity contribution >= 4 is 9.84 Å². The van der Waals surface area contributed by atoms with Gasteiger partial charge in [-0.15, -0.1) is 10.2 Å². The fourth-order valence-corrected chi connectivity index (χ4v) is 4.37. The van der Waals surface area contributed by atoms with Gasteiger partial charge >= 0.3 is 0 Å². The Kier molecular flexibility index (Phi) is 2.27. The van der Waals surface area contributed by atoms with E-state index in [2.05, 4.69) is 14.8 Å². The van der Waals surface area contributed by atoms with E-state index in [0.717, 1.165) is 31.0 Å². The first-order chi connectivity index (χ1) is 7.66. The van der Waals surface area contributed by atoms with Gasteiger partial charge in [-0.3, -0.25) is 0 Å². The predicted molar refractivity (Wildman–Crippen MR) is 59.0 cm³/mol. The Balaban J connectivity index is 1.93. The first-order valence-electron chi connectivity index (χ1n) is 5.78. The molecule has 0 aromatic carbocycles. The predicted octanol–water partition coefficient (Wildman–Crippen LogP) is 0.516. The molecular weight excluding hydrogens is 226 g/mol. The Labute approximate surface area is 94.8 Å². The van der Waals surface area contributed by atoms with Gasteiger partial charge in [0.2, 0.25) is 0 Å². The smallest absolute Gasteiger partial charge is 0.151 e. The highest BCUT2D eigenvalue weighted by Gasteiger charge is 2.33. The molecule has 88 valence electrons. The van der Waals surface area contributed by atoms with E-state index in [4.69, 9.17) is 0 Å². The summed E-state index contributed by atoms with van der Waals surface area (Å²) < 4.78 is 25.0. The normalized spacial score (nSPS) is 27.9. The van der Waals surface area contributed by atoms with Crippen molar-refractivity contribution in [2.45, 2.75) is 38.1 Å². The van der Waals surface area contributed by atoms with Gasteiger partial charge in [0.05, 0.1) is 11.5 Å². The molecule has 0 bridgehead atoms. The number of aromatic nitrogens is 3. The Morgan fingerprint density at radius 1 is 1.25 bits per heavy atom. The van der Waals surface area contributed by atoms with E-state index in [-0.39, 0.29) is 11.7 Å². The quantitative estimate of drug-likeness (QED) is 0.719. The molecule has 1 aromatic heterocycles. The summed E-state index contributed by atoms with van der Waals surface area (Å²) in [7, 11) is -2.83. The molecule has 0 saturated carbocycles. The highest BCUT2D eigenvalue weighted by molar-refractivity contribution is 7.91. The van der Waals surface area contributed by atoms with Gasteiger partial charge in [-0.2, -0.15) is 0 Å². The number of fused-ring (bicyclic) bond motifs is 1. The lowest BCUT2D eigenvalue weighted by Crippen LogP contribution is -2.16. The van der Waals surface area contributed by atoms with Crippen molar-refractivity contribution in [3.05, 3.63) is 11.6 Å². The van der Waals surface area contributed by atoms with Crippen LogP contribution in [0.25, 0.3) is 0 Å². The molecule has 1 aromatic rings. The van der Waals surface area contributed by atoms with Crippen molar-refractivity contribution < 1.29 is 8.42 Å². The minimum Gasteiger partial charge on any atom is -0.315 e. The molecule has 0 N–H and O–H groups in total. The molecule has 0 amide bonds. The monoisotopic (exact) mass is 241 g/mol. The molecule has 6 heteroatoms. The fraction of sp³-hybridized carbons (Fsp3) is 0.800. The number of sulfone groups is 1. The topological polar surface area (TPSA) is 64.8 Å². The van der Waals surface area contributed by atoms with Crippen LogP contribution in [0.15, 0.2) is 0 Å². The van der Waals surface area contributed by atoms with E-state index >= 15 is 0 Å². The maximum atomic E-state index is 11.4. The van der Waals surface area contributed by atoms with Gasteiger partial charge in [-0.25, -0.2) is 8.42 Å². The van der Waals surface area contributed by atoms with Crippen molar-refractivity contribution in [3.8, 4) is 0 Å². The zero-order valence-electron chi connectivity index (χ0n) is 9.09. The average molecular weight is 241 g/mol. The molecule has 3 heterocycles. The minimum atomic E-state index is -2.83. The maximum Gasteiger partial charge on any atom is 0.151 e. The molecule has 1 atom stereocenters. The first kappa shape index (κ1) is 10.3. The van der Waals surface area contributed by atoms with Crippen LogP contribution in [0.2, 0.25) is 0 Å². The maximum absolute atomic E-state index is 11.4. The van der Waals surface area contributed by atoms with Crippen molar-refractivity contribution in [1.82, 2.24) is 14.8 Å². The standard InChI is InChI=1S/C10H15N3O2S/c14-16(15)6-4-8(7-16)10-12-11-9-3-1-2-5-13(9)10/h8H,1-7H2. The van der Waals surface area contributed by atoms with Gasteiger partial charge in [-0.1, -0.05) is 0 Å². The number of hydrogen-bond acceptors (Lipinski definition) is 4. The van der Waals surface area contributed by atoms with Gasteiger partial charge in [-0.05, 0) is 19.3 Å². The minimum absolute atomic E-state index is 0.0735. The largest absolute Gasteiger partial charge is 0.315 e. The lowest BCUT2D eigenvalue weighted by molar-refractivity contribution is 0.495. The molecule has 1 unspecified atom stereocenters. The number of rotatable bonds is 1. The van der Waals surface area contributed by atoms with Crippen LogP contribution < -0.4 is 0 Å². The average Bonchev–Trinajstić information content (AvgIpc) is 2.81. The van der Waals surface area contributed by atoms with Crippen LogP contribution in [0.3, 0.4) is 0 Å². The number of aryl methyl sites for hydroxylation is 1. The van der Waals surface area contributed by atoms with Gasteiger partial charge in [0.15, 0.2) is 9.84 Å². The van der Waals surface area contributed by atoms with Crippen LogP contribution in [0.5, 0.6) is 0 Å². The Hall–Kier alpha value is -0.910. The molecule has 0 aliphatic carbocycles. The van der Waals surface area contributed by atoms with Crippen LogP contribution in [0.4, 0.5) is 0 Å². The second-order valence-corrected chi connectivity index (χ2v) is 6.91. The van der Waals surface area contributed by atoms with E-state index in [1.54, 1.807) is 0 Å². The zero-order valence-corrected chi connectivity index (χ0v) is 9.91. The van der Waals surface area contributed by atoms with E-state index in [0.29, 0.717) is 12.2 Å². The first-order valence-corrected chi connectivity index (χ1v) is 7.60. The molecule has 3 rings (SSSR count). The van der Waals surface area contributed by atoms with Crippen LogP contribution in [0.1, 0.15) is 36.8 Å². The van der Waals surface area contributed by atoms with Gasteiger partial charge in [0.1, 0.15) is 11.6 Å². The van der Waals surface area contributed by atoms with Gasteiger partial charge in [0, 0.05) is 18.9 Å². The lowest BCUT2D eigenvalue weighted by atomic mass is 10.1. The third-order valence-corrected chi connectivity index (χ3v) is 5.25. The van der Waals surface area contributed by atoms with E-state index in [1.807, 2.05) is 0 Å². The fourth-order valence-electron chi connectivity index (χ4n) is 2.63. The molecule has 1 fully saturated rings. The van der Waals surface area contributed by atoms with Gasteiger partial charge < -0.3 is 4.57 Å². The summed E-state index contributed by atoms with van der Waals surface area (Å²) in [5, 5.41) is 8.36. The van der Waals surface area contributed by atoms with Crippen LogP contribution in [0, 0.1) is 0 Å². The molecule has 5 nitrogen and oxygen atoms in total. The summed E-state index contributed by atoms with van der Waals surface area (Å²) in [6.07, 6.45) is 4.01. The van der Waals surface area contributed by atoms with Crippen molar-refractivity contribution in [1.29, 1.82) is 0 Å². The molecule has 0 spiro atoms. The van der Waals surface area contributed by atoms with E-state index < -0.39 is 9.84 Å². The summed E-state index contributed by atoms with van der Waals surface area (Å²) in [5.74, 6) is 2.57. The third-order valence-electron chi connectivity index (χ3n) is 3.49. The summed E-state index contributed by atoms with van der Waals surface area (Å²) in [6.45, 7) is 0.953. The molecule has 0 radical (unpaired) electrons. The summed E-state index contributed by atoms with van der Waals surface area (Å²) in [6, 6.07) is 0. The SMILES string of the molecule is O=S1(=O)CCC(c2nnc3n2CCCC3)C1. The van der Waals surface area contributed by atoms with Crippen LogP contribution >= 0.6 is 0 Å². The Morgan fingerprint density at radius 3 is 2.88 bits per heavy atom. The summed E-state index contributed by atoms with van der Waals surface area (Å²) in [5.41, 5.74) is 0. The van der Waals surface area contributed by atoms with Crippen molar-refractivity contribution in [2.24, 2.45) is 0 Å². The van der Waals surface area contributed by atoms with Crippen molar-refractivity contribution in [3.63, 3.8) is 0 Å². The van der Waals surface area contributed by atoms with Gasteiger partial charge in [0.25, 0.3) is 0 Å². The highest BCUT2D eigenvalue weighted by atomic mass is 32.2. The summed E-state index contributed by atoms with van der Waals surface area (Å²) in [4.78, 5) is 0. The second-order valence-electron chi connectivity index (χ2n) is 4.68. The molecule has 2 aliphatic rings. The Morgan fingerprint density at radius 2 is 2.12 bits per heavy atom. The summed E-state index contributed by atoms with van der Waals surface area (Å²) >= 11 is 0. The Bertz CT molecular complexity index is 506.